The Morgan fingerprint density at radius 1 is 1.42 bits per heavy atom. The molecular weight excluding hydrogens is 146 g/mol. The Balaban J connectivity index is 2.36. The second-order valence-corrected chi connectivity index (χ2v) is 4.13. The van der Waals surface area contributed by atoms with Gasteiger partial charge in [-0.3, -0.25) is 0 Å². The Hall–Kier alpha value is -0.300. The summed E-state index contributed by atoms with van der Waals surface area (Å²) in [6, 6.07) is 0. The van der Waals surface area contributed by atoms with Crippen LogP contribution in [0.1, 0.15) is 45.4 Å². The first kappa shape index (κ1) is 9.79. The van der Waals surface area contributed by atoms with E-state index >= 15 is 0 Å². The van der Waals surface area contributed by atoms with Gasteiger partial charge in [-0.25, -0.2) is 0 Å². The summed E-state index contributed by atoms with van der Waals surface area (Å²) in [7, 11) is 0. The van der Waals surface area contributed by atoms with Gasteiger partial charge < -0.3 is 5.32 Å². The van der Waals surface area contributed by atoms with Gasteiger partial charge in [0.2, 0.25) is 0 Å². The zero-order valence-corrected chi connectivity index (χ0v) is 8.23. The third kappa shape index (κ3) is 2.98. The number of nitrogens with one attached hydrogen (secondary N) is 1. The Bertz CT molecular complexity index is 132. The second-order valence-electron chi connectivity index (χ2n) is 4.13. The van der Waals surface area contributed by atoms with Gasteiger partial charge in [0.05, 0.1) is 0 Å². The molecule has 1 saturated heterocycles. The molecule has 0 aromatic rings. The summed E-state index contributed by atoms with van der Waals surface area (Å²) in [5, 5.41) is 3.64. The summed E-state index contributed by atoms with van der Waals surface area (Å²) >= 11 is 0. The van der Waals surface area contributed by atoms with Crippen molar-refractivity contribution in [1.29, 1.82) is 0 Å². The van der Waals surface area contributed by atoms with Gasteiger partial charge in [-0.1, -0.05) is 18.9 Å². The maximum atomic E-state index is 3.77. The van der Waals surface area contributed by atoms with Crippen molar-refractivity contribution in [3.8, 4) is 0 Å². The van der Waals surface area contributed by atoms with E-state index in [9.17, 15) is 0 Å². The highest BCUT2D eigenvalue weighted by molar-refractivity contribution is 4.87. The maximum absolute atomic E-state index is 3.77. The molecule has 1 nitrogen and oxygen atoms in total. The van der Waals surface area contributed by atoms with Crippen molar-refractivity contribution < 1.29 is 0 Å². The Labute approximate surface area is 76.2 Å². The summed E-state index contributed by atoms with van der Waals surface area (Å²) in [4.78, 5) is 0. The van der Waals surface area contributed by atoms with Crippen LogP contribution in [0.2, 0.25) is 0 Å². The van der Waals surface area contributed by atoms with E-state index in [1.807, 2.05) is 6.08 Å². The Morgan fingerprint density at radius 2 is 2.25 bits per heavy atom. The highest BCUT2D eigenvalue weighted by atomic mass is 15.0. The lowest BCUT2D eigenvalue weighted by molar-refractivity contribution is 0.326. The molecule has 1 N–H and O–H groups in total. The van der Waals surface area contributed by atoms with Gasteiger partial charge in [-0.05, 0) is 39.2 Å². The Morgan fingerprint density at radius 3 is 3.00 bits per heavy atom. The fraction of sp³-hybridized carbons (Fsp3) is 0.818. The molecule has 1 aliphatic rings. The fourth-order valence-electron chi connectivity index (χ4n) is 1.93. The molecule has 1 rings (SSSR count). The van der Waals surface area contributed by atoms with Crippen LogP contribution in [-0.4, -0.2) is 12.1 Å². The SMILES string of the molecule is C=CCCC1(C)CCCCCN1. The van der Waals surface area contributed by atoms with Gasteiger partial charge in [-0.2, -0.15) is 0 Å². The molecule has 1 heterocycles. The van der Waals surface area contributed by atoms with Crippen LogP contribution in [0.25, 0.3) is 0 Å². The van der Waals surface area contributed by atoms with E-state index in [-0.39, 0.29) is 0 Å². The molecule has 0 spiro atoms. The van der Waals surface area contributed by atoms with Gasteiger partial charge in [0, 0.05) is 5.54 Å². The zero-order valence-electron chi connectivity index (χ0n) is 8.23. The maximum Gasteiger partial charge on any atom is 0.0156 e. The fourth-order valence-corrected chi connectivity index (χ4v) is 1.93. The van der Waals surface area contributed by atoms with Crippen molar-refractivity contribution in [2.75, 3.05) is 6.54 Å². The lowest BCUT2D eigenvalue weighted by Crippen LogP contribution is -2.41. The minimum Gasteiger partial charge on any atom is -0.312 e. The number of allylic oxidation sites excluding steroid dienone is 1. The Kier molecular flexibility index (Phi) is 3.80. The van der Waals surface area contributed by atoms with Crippen molar-refractivity contribution in [2.24, 2.45) is 0 Å². The summed E-state index contributed by atoms with van der Waals surface area (Å²) in [5.41, 5.74) is 0.394. The second kappa shape index (κ2) is 4.66. The topological polar surface area (TPSA) is 12.0 Å². The molecule has 0 aliphatic carbocycles. The molecule has 70 valence electrons. The van der Waals surface area contributed by atoms with Crippen molar-refractivity contribution >= 4 is 0 Å². The highest BCUT2D eigenvalue weighted by Crippen LogP contribution is 2.23. The molecule has 0 bridgehead atoms. The third-order valence-corrected chi connectivity index (χ3v) is 2.86. The molecule has 0 radical (unpaired) electrons. The van der Waals surface area contributed by atoms with Gasteiger partial charge in [0.15, 0.2) is 0 Å². The van der Waals surface area contributed by atoms with E-state index in [1.165, 1.54) is 38.6 Å². The average molecular weight is 167 g/mol. The zero-order chi connectivity index (χ0) is 8.86. The van der Waals surface area contributed by atoms with Crippen LogP contribution in [0.5, 0.6) is 0 Å². The summed E-state index contributed by atoms with van der Waals surface area (Å²) in [5.74, 6) is 0. The van der Waals surface area contributed by atoms with E-state index in [0.29, 0.717) is 5.54 Å². The number of rotatable bonds is 3. The van der Waals surface area contributed by atoms with Gasteiger partial charge >= 0.3 is 0 Å². The minimum absolute atomic E-state index is 0.394. The highest BCUT2D eigenvalue weighted by Gasteiger charge is 2.23. The van der Waals surface area contributed by atoms with E-state index in [2.05, 4.69) is 18.8 Å². The lowest BCUT2D eigenvalue weighted by Gasteiger charge is -2.28. The quantitative estimate of drug-likeness (QED) is 0.637. The monoisotopic (exact) mass is 167 g/mol. The normalized spacial score (nSPS) is 31.1. The van der Waals surface area contributed by atoms with Crippen molar-refractivity contribution in [3.63, 3.8) is 0 Å². The van der Waals surface area contributed by atoms with Crippen LogP contribution in [0.3, 0.4) is 0 Å². The summed E-state index contributed by atoms with van der Waals surface area (Å²) in [6.07, 6.45) is 9.89. The van der Waals surface area contributed by atoms with E-state index < -0.39 is 0 Å². The van der Waals surface area contributed by atoms with Gasteiger partial charge in [0.25, 0.3) is 0 Å². The van der Waals surface area contributed by atoms with E-state index in [0.717, 1.165) is 6.42 Å². The smallest absolute Gasteiger partial charge is 0.0156 e. The lowest BCUT2D eigenvalue weighted by atomic mass is 9.91. The largest absolute Gasteiger partial charge is 0.312 e. The van der Waals surface area contributed by atoms with Crippen LogP contribution < -0.4 is 5.32 Å². The standard InChI is InChI=1S/C11H21N/c1-3-4-8-11(2)9-6-5-7-10-12-11/h3,12H,1,4-10H2,2H3. The van der Waals surface area contributed by atoms with Gasteiger partial charge in [0.1, 0.15) is 0 Å². The predicted molar refractivity (Wildman–Crippen MR) is 54.3 cm³/mol. The average Bonchev–Trinajstić information content (AvgIpc) is 2.27. The molecule has 0 amide bonds. The first-order valence-electron chi connectivity index (χ1n) is 5.13. The number of hydrogen-bond donors (Lipinski definition) is 1. The van der Waals surface area contributed by atoms with Crippen LogP contribution in [0.4, 0.5) is 0 Å². The molecular formula is C11H21N. The summed E-state index contributed by atoms with van der Waals surface area (Å²) < 4.78 is 0. The molecule has 12 heavy (non-hydrogen) atoms. The van der Waals surface area contributed by atoms with Crippen LogP contribution in [0, 0.1) is 0 Å². The molecule has 0 saturated carbocycles. The molecule has 1 fully saturated rings. The van der Waals surface area contributed by atoms with Gasteiger partial charge in [-0.15, -0.1) is 6.58 Å². The van der Waals surface area contributed by atoms with Crippen molar-refractivity contribution in [1.82, 2.24) is 5.32 Å². The van der Waals surface area contributed by atoms with Crippen molar-refractivity contribution in [2.45, 2.75) is 51.0 Å². The molecule has 1 unspecified atom stereocenters. The first-order valence-corrected chi connectivity index (χ1v) is 5.13. The third-order valence-electron chi connectivity index (χ3n) is 2.86. The molecule has 1 heteroatoms. The first-order chi connectivity index (χ1) is 5.77. The number of hydrogen-bond acceptors (Lipinski definition) is 1. The molecule has 0 aromatic carbocycles. The predicted octanol–water partition coefficient (Wildman–Crippen LogP) is 2.87. The van der Waals surface area contributed by atoms with Crippen molar-refractivity contribution in [3.05, 3.63) is 12.7 Å². The molecule has 1 atom stereocenters. The van der Waals surface area contributed by atoms with Crippen LogP contribution in [-0.2, 0) is 0 Å². The minimum atomic E-state index is 0.394. The van der Waals surface area contributed by atoms with Crippen LogP contribution >= 0.6 is 0 Å². The van der Waals surface area contributed by atoms with E-state index in [1.54, 1.807) is 0 Å². The van der Waals surface area contributed by atoms with Crippen LogP contribution in [0.15, 0.2) is 12.7 Å². The molecule has 1 aliphatic heterocycles. The molecule has 0 aromatic heterocycles. The van der Waals surface area contributed by atoms with E-state index in [4.69, 9.17) is 0 Å². The summed E-state index contributed by atoms with van der Waals surface area (Å²) in [6.45, 7) is 7.32.